The molecule has 0 bridgehead atoms. The lowest BCUT2D eigenvalue weighted by Crippen LogP contribution is -2.47. The second-order valence-corrected chi connectivity index (χ2v) is 15.3. The lowest BCUT2D eigenvalue weighted by atomic mass is 9.89. The van der Waals surface area contributed by atoms with Crippen molar-refractivity contribution in [3.8, 4) is 5.69 Å². The molecule has 6 rings (SSSR count). The third-order valence-corrected chi connectivity index (χ3v) is 11.5. The van der Waals surface area contributed by atoms with Crippen LogP contribution in [0.1, 0.15) is 66.8 Å². The average molecular weight is 647 g/mol. The van der Waals surface area contributed by atoms with Gasteiger partial charge in [0.25, 0.3) is 5.91 Å². The molecule has 1 aliphatic carbocycles. The van der Waals surface area contributed by atoms with E-state index in [1.807, 2.05) is 13.8 Å². The molecule has 3 aliphatic heterocycles. The number of fused-ring (bicyclic) bond motifs is 3. The van der Waals surface area contributed by atoms with E-state index in [1.54, 1.807) is 10.6 Å². The number of urea groups is 1. The number of amides is 3. The molecule has 45 heavy (non-hydrogen) atoms. The molecule has 3 amide bonds. The zero-order valence-corrected chi connectivity index (χ0v) is 26.7. The Labute approximate surface area is 263 Å². The number of hydrogen-bond acceptors (Lipinski definition) is 8. The first kappa shape index (κ1) is 31.8. The fraction of sp³-hybridized carbons (Fsp3) is 0.613. The Morgan fingerprint density at radius 1 is 1.04 bits per heavy atom. The van der Waals surface area contributed by atoms with E-state index < -0.39 is 27.0 Å². The number of nitrogens with one attached hydrogen (secondary N) is 3. The molecule has 0 radical (unpaired) electrons. The number of benzene rings is 1. The first-order valence-electron chi connectivity index (χ1n) is 15.7. The number of carbonyl (C=O) groups is 2. The van der Waals surface area contributed by atoms with Gasteiger partial charge in [-0.3, -0.25) is 9.69 Å². The third-order valence-electron chi connectivity index (χ3n) is 9.27. The Kier molecular flexibility index (Phi) is 8.85. The number of morpholine rings is 1. The van der Waals surface area contributed by atoms with Crippen molar-refractivity contribution in [1.29, 1.82) is 0 Å². The number of rotatable bonds is 8. The summed E-state index contributed by atoms with van der Waals surface area (Å²) in [6.07, 6.45) is 3.31. The molecule has 1 aromatic heterocycles. The van der Waals surface area contributed by atoms with Crippen molar-refractivity contribution in [2.45, 2.75) is 76.1 Å². The van der Waals surface area contributed by atoms with E-state index in [-0.39, 0.29) is 48.3 Å². The summed E-state index contributed by atoms with van der Waals surface area (Å²) in [5, 5.41) is 9.34. The summed E-state index contributed by atoms with van der Waals surface area (Å²) >= 11 is 0. The SMILES string of the molecule is CC1(C)Cc2c(c3c(n2-c2cc(F)c(C(N)=O)c(NC4CCC(NC(=O)NCCN5CCOCC5)CC4)c2)COC3)S(=O)(=O)C1. The highest BCUT2D eigenvalue weighted by Gasteiger charge is 2.43. The smallest absolute Gasteiger partial charge is 0.315 e. The molecule has 2 aromatic rings. The third kappa shape index (κ3) is 6.69. The first-order valence-corrected chi connectivity index (χ1v) is 17.4. The molecule has 1 aromatic carbocycles. The summed E-state index contributed by atoms with van der Waals surface area (Å²) in [6.45, 7) is 8.73. The predicted molar refractivity (Wildman–Crippen MR) is 166 cm³/mol. The van der Waals surface area contributed by atoms with Gasteiger partial charge >= 0.3 is 6.03 Å². The predicted octanol–water partition coefficient (Wildman–Crippen LogP) is 2.46. The molecule has 14 heteroatoms. The lowest BCUT2D eigenvalue weighted by Gasteiger charge is -2.32. The van der Waals surface area contributed by atoms with Crippen molar-refractivity contribution in [2.24, 2.45) is 11.1 Å². The Hall–Kier alpha value is -3.20. The van der Waals surface area contributed by atoms with Crippen LogP contribution in [0, 0.1) is 11.2 Å². The van der Waals surface area contributed by atoms with Gasteiger partial charge in [-0.15, -0.1) is 0 Å². The molecule has 0 unspecified atom stereocenters. The van der Waals surface area contributed by atoms with Crippen molar-refractivity contribution < 1.29 is 31.9 Å². The Morgan fingerprint density at radius 2 is 1.76 bits per heavy atom. The number of halogens is 1. The van der Waals surface area contributed by atoms with Gasteiger partial charge in [-0.25, -0.2) is 17.6 Å². The zero-order valence-electron chi connectivity index (χ0n) is 25.9. The van der Waals surface area contributed by atoms with Crippen molar-refractivity contribution in [2.75, 3.05) is 50.5 Å². The van der Waals surface area contributed by atoms with E-state index in [0.717, 1.165) is 32.8 Å². The van der Waals surface area contributed by atoms with Crippen LogP contribution in [0.4, 0.5) is 14.9 Å². The molecule has 4 aliphatic rings. The van der Waals surface area contributed by atoms with Gasteiger partial charge in [-0.2, -0.15) is 0 Å². The van der Waals surface area contributed by atoms with Crippen LogP contribution < -0.4 is 21.7 Å². The minimum atomic E-state index is -3.58. The van der Waals surface area contributed by atoms with Gasteiger partial charge in [0.1, 0.15) is 5.82 Å². The van der Waals surface area contributed by atoms with E-state index in [0.29, 0.717) is 66.2 Å². The molecular weight excluding hydrogens is 603 g/mol. The topological polar surface area (TPSA) is 157 Å². The number of carbonyl (C=O) groups excluding carboxylic acids is 2. The van der Waals surface area contributed by atoms with E-state index in [9.17, 15) is 18.0 Å². The minimum Gasteiger partial charge on any atom is -0.382 e. The maximum atomic E-state index is 15.7. The van der Waals surface area contributed by atoms with Crippen LogP contribution in [-0.2, 0) is 38.9 Å². The summed E-state index contributed by atoms with van der Waals surface area (Å²) in [4.78, 5) is 27.4. The number of ether oxygens (including phenoxy) is 2. The quantitative estimate of drug-likeness (QED) is 0.341. The summed E-state index contributed by atoms with van der Waals surface area (Å²) in [6, 6.07) is 2.66. The van der Waals surface area contributed by atoms with E-state index in [4.69, 9.17) is 15.2 Å². The van der Waals surface area contributed by atoms with Crippen LogP contribution in [0.5, 0.6) is 0 Å². The second kappa shape index (κ2) is 12.5. The molecule has 246 valence electrons. The number of nitrogens with zero attached hydrogens (tertiary/aromatic N) is 2. The Balaban J connectivity index is 1.17. The molecule has 0 spiro atoms. The lowest BCUT2D eigenvalue weighted by molar-refractivity contribution is 0.0387. The van der Waals surface area contributed by atoms with Gasteiger partial charge in [0.05, 0.1) is 59.7 Å². The van der Waals surface area contributed by atoms with Crippen LogP contribution in [0.25, 0.3) is 5.69 Å². The average Bonchev–Trinajstić information content (AvgIpc) is 3.53. The van der Waals surface area contributed by atoms with Crippen LogP contribution in [0.3, 0.4) is 0 Å². The summed E-state index contributed by atoms with van der Waals surface area (Å²) < 4.78 is 55.2. The molecular formula is C31H43FN6O6S. The first-order chi connectivity index (χ1) is 21.4. The van der Waals surface area contributed by atoms with Gasteiger partial charge in [0.15, 0.2) is 9.84 Å². The normalized spacial score (nSPS) is 24.0. The number of nitrogens with two attached hydrogens (primary N) is 1. The van der Waals surface area contributed by atoms with Gasteiger partial charge < -0.3 is 35.7 Å². The number of primary amides is 1. The zero-order chi connectivity index (χ0) is 31.9. The van der Waals surface area contributed by atoms with Crippen LogP contribution in [0.2, 0.25) is 0 Å². The summed E-state index contributed by atoms with van der Waals surface area (Å²) in [5.41, 5.74) is 7.52. The summed E-state index contributed by atoms with van der Waals surface area (Å²) in [5.74, 6) is -1.64. The number of anilines is 1. The standard InChI is InChI=1S/C31H43FN6O6S/c1-31(2)15-25-28(45(41,42)18-31)22-16-44-17-26(22)38(25)21-13-23(32)27(29(33)39)24(14-21)35-19-3-5-20(6-4-19)36-30(40)34-7-8-37-9-11-43-12-10-37/h13-14,19-20,35H,3-12,15-18H2,1-2H3,(H2,33,39)(H2,34,36,40). The highest BCUT2D eigenvalue weighted by atomic mass is 32.2. The summed E-state index contributed by atoms with van der Waals surface area (Å²) in [7, 11) is -3.58. The molecule has 12 nitrogen and oxygen atoms in total. The van der Waals surface area contributed by atoms with Gasteiger partial charge in [-0.05, 0) is 49.7 Å². The van der Waals surface area contributed by atoms with Crippen molar-refractivity contribution >= 4 is 27.5 Å². The molecule has 2 fully saturated rings. The van der Waals surface area contributed by atoms with E-state index >= 15 is 4.39 Å². The monoisotopic (exact) mass is 646 g/mol. The maximum absolute atomic E-state index is 15.7. The molecule has 5 N–H and O–H groups in total. The van der Waals surface area contributed by atoms with Crippen LogP contribution in [0.15, 0.2) is 17.0 Å². The number of hydrogen-bond donors (Lipinski definition) is 4. The highest BCUT2D eigenvalue weighted by Crippen LogP contribution is 2.44. The van der Waals surface area contributed by atoms with Crippen molar-refractivity contribution in [3.63, 3.8) is 0 Å². The Morgan fingerprint density at radius 3 is 2.47 bits per heavy atom. The number of aromatic nitrogens is 1. The number of sulfone groups is 1. The minimum absolute atomic E-state index is 0.00408. The van der Waals surface area contributed by atoms with Gasteiger partial charge in [0.2, 0.25) is 0 Å². The molecule has 1 saturated heterocycles. The Bertz CT molecular complexity index is 1580. The largest absolute Gasteiger partial charge is 0.382 e. The second-order valence-electron chi connectivity index (χ2n) is 13.4. The van der Waals surface area contributed by atoms with E-state index in [2.05, 4.69) is 20.9 Å². The van der Waals surface area contributed by atoms with Crippen molar-refractivity contribution in [1.82, 2.24) is 20.1 Å². The van der Waals surface area contributed by atoms with Crippen LogP contribution >= 0.6 is 0 Å². The van der Waals surface area contributed by atoms with E-state index in [1.165, 1.54) is 6.07 Å². The van der Waals surface area contributed by atoms with Gasteiger partial charge in [0, 0.05) is 49.5 Å². The molecule has 0 atom stereocenters. The maximum Gasteiger partial charge on any atom is 0.315 e. The highest BCUT2D eigenvalue weighted by molar-refractivity contribution is 7.91. The van der Waals surface area contributed by atoms with Gasteiger partial charge in [-0.1, -0.05) is 13.8 Å². The fourth-order valence-corrected chi connectivity index (χ4v) is 9.61. The molecule has 1 saturated carbocycles. The molecule has 4 heterocycles. The van der Waals surface area contributed by atoms with Crippen LogP contribution in [-0.4, -0.2) is 87.1 Å². The fourth-order valence-electron chi connectivity index (χ4n) is 7.26. The van der Waals surface area contributed by atoms with Crippen molar-refractivity contribution in [3.05, 3.63) is 40.5 Å².